The van der Waals surface area contributed by atoms with Crippen LogP contribution >= 0.6 is 0 Å². The molecule has 0 aromatic heterocycles. The lowest BCUT2D eigenvalue weighted by atomic mass is 9.55. The van der Waals surface area contributed by atoms with Crippen molar-refractivity contribution < 1.29 is 18.7 Å². The summed E-state index contributed by atoms with van der Waals surface area (Å²) < 4.78 is 25.3. The van der Waals surface area contributed by atoms with E-state index in [0.29, 0.717) is 29.7 Å². The highest BCUT2D eigenvalue weighted by molar-refractivity contribution is 5.94. The molecule has 4 N–H and O–H groups in total. The maximum atomic E-state index is 14.6. The van der Waals surface area contributed by atoms with E-state index in [-0.39, 0.29) is 17.8 Å². The molecule has 1 amide bonds. The molecule has 1 aromatic rings. The van der Waals surface area contributed by atoms with Crippen molar-refractivity contribution in [3.63, 3.8) is 0 Å². The second kappa shape index (κ2) is 17.9. The topological polar surface area (TPSA) is 98.0 Å². The number of nitrogens with one attached hydrogen (secondary N) is 2. The van der Waals surface area contributed by atoms with Gasteiger partial charge in [0.25, 0.3) is 5.91 Å². The summed E-state index contributed by atoms with van der Waals surface area (Å²) in [5.74, 6) is 1.27. The maximum Gasteiger partial charge on any atom is 0.251 e. The lowest BCUT2D eigenvalue weighted by Crippen LogP contribution is -2.45. The van der Waals surface area contributed by atoms with Crippen LogP contribution in [0.2, 0.25) is 0 Å². The van der Waals surface area contributed by atoms with Crippen molar-refractivity contribution in [2.45, 2.75) is 98.1 Å². The molecule has 2 saturated carbocycles. The standard InChI is InChI=1S/C34H45FN4O2.C4H10O/c1-6-25-19-34(20-25)12-8-29(9-13-34)39-33(40)27-16-26(17-28(35)18-27)21-38-23(4)31-11-15-41-32(31)30(7-2)22(3)10-14-37-24(5)36;1-3-4-5-2/h7,10,14,16-18,25,29,38H,2,5-6,8-9,11-13,15,19-21,36H2,1,3-4H3,(H,39,40);3-4H2,1-2H3/b22-10+,31-23+,32-30-,37-14-;. The van der Waals surface area contributed by atoms with Crippen LogP contribution in [0.3, 0.4) is 0 Å². The molecule has 2 aliphatic carbocycles. The number of amides is 1. The lowest BCUT2D eigenvalue weighted by molar-refractivity contribution is 0.00515. The van der Waals surface area contributed by atoms with Crippen molar-refractivity contribution in [1.29, 1.82) is 0 Å². The van der Waals surface area contributed by atoms with E-state index in [1.807, 2.05) is 19.9 Å². The number of nitrogens with zero attached hydrogens (tertiary/aromatic N) is 1. The molecule has 0 bridgehead atoms. The smallest absolute Gasteiger partial charge is 0.251 e. The molecule has 3 fully saturated rings. The predicted molar refractivity (Wildman–Crippen MR) is 187 cm³/mol. The van der Waals surface area contributed by atoms with Crippen LogP contribution in [0.25, 0.3) is 0 Å². The molecule has 46 heavy (non-hydrogen) atoms. The normalized spacial score (nSPS) is 24.8. The summed E-state index contributed by atoms with van der Waals surface area (Å²) in [5, 5.41) is 6.58. The van der Waals surface area contributed by atoms with Crippen molar-refractivity contribution in [3.8, 4) is 0 Å². The minimum Gasteiger partial charge on any atom is -0.492 e. The van der Waals surface area contributed by atoms with E-state index >= 15 is 0 Å². The van der Waals surface area contributed by atoms with Gasteiger partial charge in [-0.2, -0.15) is 0 Å². The molecule has 0 unspecified atom stereocenters. The average Bonchev–Trinajstić information content (AvgIpc) is 3.49. The second-order valence-electron chi connectivity index (χ2n) is 12.9. The van der Waals surface area contributed by atoms with Crippen LogP contribution in [0.1, 0.15) is 101 Å². The van der Waals surface area contributed by atoms with Crippen molar-refractivity contribution in [1.82, 2.24) is 10.6 Å². The van der Waals surface area contributed by atoms with E-state index in [4.69, 9.17) is 15.2 Å². The number of halogens is 1. The van der Waals surface area contributed by atoms with Gasteiger partial charge in [0, 0.05) is 61.3 Å². The van der Waals surface area contributed by atoms with E-state index in [9.17, 15) is 9.18 Å². The van der Waals surface area contributed by atoms with Crippen LogP contribution < -0.4 is 16.4 Å². The Bertz CT molecular complexity index is 1340. The molecule has 1 aromatic carbocycles. The second-order valence-corrected chi connectivity index (χ2v) is 12.9. The summed E-state index contributed by atoms with van der Waals surface area (Å²) in [6.45, 7) is 17.7. The number of aliphatic imine (C=N–C) groups is 1. The Hall–Kier alpha value is -3.65. The van der Waals surface area contributed by atoms with Crippen molar-refractivity contribution >= 4 is 12.1 Å². The zero-order chi connectivity index (χ0) is 33.7. The first-order valence-corrected chi connectivity index (χ1v) is 16.7. The van der Waals surface area contributed by atoms with Gasteiger partial charge in [0.15, 0.2) is 0 Å². The van der Waals surface area contributed by atoms with E-state index in [1.54, 1.807) is 25.5 Å². The van der Waals surface area contributed by atoms with Crippen molar-refractivity contribution in [3.05, 3.63) is 94.4 Å². The first-order valence-electron chi connectivity index (χ1n) is 16.7. The van der Waals surface area contributed by atoms with Gasteiger partial charge in [0.1, 0.15) is 17.4 Å². The maximum absolute atomic E-state index is 14.6. The van der Waals surface area contributed by atoms with Crippen molar-refractivity contribution in [2.75, 3.05) is 20.3 Å². The first-order chi connectivity index (χ1) is 22.0. The van der Waals surface area contributed by atoms with Crippen LogP contribution in [0, 0.1) is 17.2 Å². The number of hydrogen-bond acceptors (Lipinski definition) is 6. The molecule has 1 spiro atoms. The number of allylic oxidation sites excluding steroid dienone is 6. The summed E-state index contributed by atoms with van der Waals surface area (Å²) in [5.41, 5.74) is 10.9. The summed E-state index contributed by atoms with van der Waals surface area (Å²) in [4.78, 5) is 17.1. The molecule has 3 aliphatic rings. The molecule has 0 atom stereocenters. The minimum atomic E-state index is -0.413. The fraction of sp³-hybridized carbons (Fsp3) is 0.526. The number of carbonyl (C=O) groups is 1. The van der Waals surface area contributed by atoms with Gasteiger partial charge in [-0.05, 0) is 106 Å². The Kier molecular flexibility index (Phi) is 14.3. The number of methoxy groups -OCH3 is 1. The van der Waals surface area contributed by atoms with Crippen LogP contribution in [0.4, 0.5) is 4.39 Å². The van der Waals surface area contributed by atoms with Gasteiger partial charge in [0.2, 0.25) is 0 Å². The molecule has 7 nitrogen and oxygen atoms in total. The van der Waals surface area contributed by atoms with Gasteiger partial charge >= 0.3 is 0 Å². The first kappa shape index (κ1) is 36.8. The number of rotatable bonds is 12. The molecule has 8 heteroatoms. The van der Waals surface area contributed by atoms with Gasteiger partial charge in [-0.3, -0.25) is 4.79 Å². The third-order valence-corrected chi connectivity index (χ3v) is 9.35. The Morgan fingerprint density at radius 1 is 1.22 bits per heavy atom. The summed E-state index contributed by atoms with van der Waals surface area (Å²) in [7, 11) is 1.71. The van der Waals surface area contributed by atoms with Gasteiger partial charge in [-0.15, -0.1) is 0 Å². The van der Waals surface area contributed by atoms with Crippen molar-refractivity contribution in [2.24, 2.45) is 22.1 Å². The van der Waals surface area contributed by atoms with E-state index in [1.165, 1.54) is 44.2 Å². The average molecular weight is 635 g/mol. The third kappa shape index (κ3) is 10.4. The predicted octanol–water partition coefficient (Wildman–Crippen LogP) is 8.02. The van der Waals surface area contributed by atoms with Crippen LogP contribution in [0.15, 0.2) is 82.5 Å². The molecule has 1 aliphatic heterocycles. The minimum absolute atomic E-state index is 0.162. The highest BCUT2D eigenvalue weighted by Crippen LogP contribution is 2.55. The monoisotopic (exact) mass is 634 g/mol. The third-order valence-electron chi connectivity index (χ3n) is 9.35. The van der Waals surface area contributed by atoms with Gasteiger partial charge in [-0.1, -0.05) is 39.5 Å². The number of ether oxygens (including phenoxy) is 2. The Balaban J connectivity index is 0.00000107. The molecule has 1 saturated heterocycles. The zero-order valence-electron chi connectivity index (χ0n) is 28.6. The van der Waals surface area contributed by atoms with Crippen LogP contribution in [-0.4, -0.2) is 38.5 Å². The highest BCUT2D eigenvalue weighted by Gasteiger charge is 2.45. The van der Waals surface area contributed by atoms with E-state index in [0.717, 1.165) is 66.4 Å². The van der Waals surface area contributed by atoms with E-state index < -0.39 is 5.82 Å². The number of hydrogen-bond donors (Lipinski definition) is 3. The summed E-state index contributed by atoms with van der Waals surface area (Å²) in [6, 6.07) is 4.74. The largest absolute Gasteiger partial charge is 0.492 e. The molecule has 252 valence electrons. The van der Waals surface area contributed by atoms with Gasteiger partial charge in [0.05, 0.1) is 6.61 Å². The highest BCUT2D eigenvalue weighted by atomic mass is 19.1. The van der Waals surface area contributed by atoms with Gasteiger partial charge < -0.3 is 25.8 Å². The Labute approximate surface area is 276 Å². The SMILES string of the molecule is C=CC(=C1/OCC/C1=C(/C)NCc1cc(F)cc(C(=O)NC2CCC3(CC2)CC(CC)C3)c1)/C(C)=C/C=N\C(=C)N.CCCOC. The molecule has 1 heterocycles. The summed E-state index contributed by atoms with van der Waals surface area (Å²) in [6.07, 6.45) is 15.4. The molecule has 0 radical (unpaired) electrons. The fourth-order valence-corrected chi connectivity index (χ4v) is 6.76. The fourth-order valence-electron chi connectivity index (χ4n) is 6.76. The zero-order valence-corrected chi connectivity index (χ0v) is 28.6. The van der Waals surface area contributed by atoms with Crippen LogP contribution in [0.5, 0.6) is 0 Å². The number of benzene rings is 1. The van der Waals surface area contributed by atoms with Crippen LogP contribution in [-0.2, 0) is 16.0 Å². The molecule has 4 rings (SSSR count). The number of nitrogens with two attached hydrogens (primary N) is 1. The summed E-state index contributed by atoms with van der Waals surface area (Å²) >= 11 is 0. The van der Waals surface area contributed by atoms with E-state index in [2.05, 4.69) is 42.6 Å². The molecular formula is C38H55FN4O3. The number of carbonyl (C=O) groups excluding carboxylic acids is 1. The molecular weight excluding hydrogens is 579 g/mol. The lowest BCUT2D eigenvalue weighted by Gasteiger charge is -2.51. The quantitative estimate of drug-likeness (QED) is 0.202. The Morgan fingerprint density at radius 3 is 2.52 bits per heavy atom. The Morgan fingerprint density at radius 2 is 1.93 bits per heavy atom. The van der Waals surface area contributed by atoms with Gasteiger partial charge in [-0.25, -0.2) is 9.38 Å².